The van der Waals surface area contributed by atoms with E-state index in [1.54, 1.807) is 0 Å². The summed E-state index contributed by atoms with van der Waals surface area (Å²) in [6.45, 7) is 4.09. The zero-order valence-electron chi connectivity index (χ0n) is 12.1. The van der Waals surface area contributed by atoms with Crippen LogP contribution in [0.15, 0.2) is 24.3 Å². The lowest BCUT2D eigenvalue weighted by Gasteiger charge is -2.21. The number of rotatable bonds is 6. The zero-order valence-corrected chi connectivity index (χ0v) is 12.1. The van der Waals surface area contributed by atoms with Crippen LogP contribution < -0.4 is 16.0 Å². The molecule has 0 saturated heterocycles. The van der Waals surface area contributed by atoms with Crippen molar-refractivity contribution < 1.29 is 4.74 Å². The van der Waals surface area contributed by atoms with Crippen LogP contribution in [0.25, 0.3) is 0 Å². The van der Waals surface area contributed by atoms with Crippen molar-refractivity contribution in [3.05, 3.63) is 29.8 Å². The number of hydrazine groups is 1. The van der Waals surface area contributed by atoms with Crippen molar-refractivity contribution in [2.24, 2.45) is 11.8 Å². The summed E-state index contributed by atoms with van der Waals surface area (Å²) < 4.78 is 5.75. The normalized spacial score (nSPS) is 17.9. The number of nitrogens with two attached hydrogens (primary N) is 1. The van der Waals surface area contributed by atoms with Gasteiger partial charge in [0.05, 0.1) is 6.10 Å². The average molecular weight is 262 g/mol. The molecule has 3 N–H and O–H groups in total. The Bertz CT molecular complexity index is 386. The number of hydrogen-bond donors (Lipinski definition) is 2. The van der Waals surface area contributed by atoms with Crippen LogP contribution in [0, 0.1) is 5.92 Å². The Kier molecular flexibility index (Phi) is 5.23. The van der Waals surface area contributed by atoms with Crippen LogP contribution in [-0.2, 0) is 0 Å². The Morgan fingerprint density at radius 2 is 2.05 bits per heavy atom. The second-order valence-corrected chi connectivity index (χ2v) is 5.84. The molecule has 0 amide bonds. The van der Waals surface area contributed by atoms with Gasteiger partial charge in [-0.05, 0) is 43.9 Å². The number of ether oxygens (including phenoxy) is 1. The number of hydrogen-bond acceptors (Lipinski definition) is 3. The fourth-order valence-corrected chi connectivity index (χ4v) is 2.96. The summed E-state index contributed by atoms with van der Waals surface area (Å²) in [6.07, 6.45) is 6.77. The molecule has 1 saturated carbocycles. The molecule has 106 valence electrons. The second-order valence-electron chi connectivity index (χ2n) is 5.84. The first-order valence-corrected chi connectivity index (χ1v) is 7.41. The van der Waals surface area contributed by atoms with E-state index in [9.17, 15) is 0 Å². The van der Waals surface area contributed by atoms with Crippen molar-refractivity contribution in [3.63, 3.8) is 0 Å². The molecule has 0 bridgehead atoms. The van der Waals surface area contributed by atoms with Crippen molar-refractivity contribution in [1.82, 2.24) is 5.43 Å². The van der Waals surface area contributed by atoms with E-state index in [0.29, 0.717) is 0 Å². The third-order valence-corrected chi connectivity index (χ3v) is 3.88. The monoisotopic (exact) mass is 262 g/mol. The van der Waals surface area contributed by atoms with Crippen LogP contribution in [0.2, 0.25) is 0 Å². The molecule has 1 atom stereocenters. The van der Waals surface area contributed by atoms with Gasteiger partial charge in [0.1, 0.15) is 5.75 Å². The summed E-state index contributed by atoms with van der Waals surface area (Å²) in [5.41, 5.74) is 4.20. The smallest absolute Gasteiger partial charge is 0.120 e. The zero-order chi connectivity index (χ0) is 13.7. The predicted octanol–water partition coefficient (Wildman–Crippen LogP) is 3.56. The van der Waals surface area contributed by atoms with Gasteiger partial charge in [0.2, 0.25) is 0 Å². The highest BCUT2D eigenvalue weighted by Gasteiger charge is 2.20. The third kappa shape index (κ3) is 4.22. The van der Waals surface area contributed by atoms with E-state index in [-0.39, 0.29) is 12.1 Å². The molecule has 1 fully saturated rings. The molecule has 0 radical (unpaired) electrons. The first-order valence-electron chi connectivity index (χ1n) is 7.41. The first kappa shape index (κ1) is 14.4. The van der Waals surface area contributed by atoms with Gasteiger partial charge in [-0.1, -0.05) is 37.8 Å². The molecule has 1 aliphatic carbocycles. The lowest BCUT2D eigenvalue weighted by atomic mass is 9.94. The Balaban J connectivity index is 2.04. The molecule has 0 spiro atoms. The van der Waals surface area contributed by atoms with Crippen LogP contribution >= 0.6 is 0 Å². The molecule has 1 aromatic carbocycles. The van der Waals surface area contributed by atoms with E-state index < -0.39 is 0 Å². The van der Waals surface area contributed by atoms with Crippen LogP contribution in [0.3, 0.4) is 0 Å². The third-order valence-electron chi connectivity index (χ3n) is 3.88. The summed E-state index contributed by atoms with van der Waals surface area (Å²) >= 11 is 0. The average Bonchev–Trinajstić information content (AvgIpc) is 2.88. The minimum absolute atomic E-state index is 0.203. The fraction of sp³-hybridized carbons (Fsp3) is 0.625. The Morgan fingerprint density at radius 3 is 2.68 bits per heavy atom. The molecule has 0 aliphatic heterocycles. The molecule has 1 aromatic rings. The van der Waals surface area contributed by atoms with Gasteiger partial charge in [-0.2, -0.15) is 0 Å². The van der Waals surface area contributed by atoms with Gasteiger partial charge in [0, 0.05) is 6.04 Å². The van der Waals surface area contributed by atoms with E-state index in [0.717, 1.165) is 18.1 Å². The maximum atomic E-state index is 5.75. The number of nitrogens with one attached hydrogen (secondary N) is 1. The summed E-state index contributed by atoms with van der Waals surface area (Å²) in [6, 6.07) is 8.53. The van der Waals surface area contributed by atoms with Crippen molar-refractivity contribution in [3.8, 4) is 5.75 Å². The van der Waals surface area contributed by atoms with Gasteiger partial charge in [0.25, 0.3) is 0 Å². The van der Waals surface area contributed by atoms with E-state index >= 15 is 0 Å². The molecule has 0 heterocycles. The van der Waals surface area contributed by atoms with E-state index in [2.05, 4.69) is 17.6 Å². The van der Waals surface area contributed by atoms with Gasteiger partial charge in [-0.25, -0.2) is 0 Å². The molecule has 1 aliphatic rings. The molecule has 3 heteroatoms. The van der Waals surface area contributed by atoms with Gasteiger partial charge in [0.15, 0.2) is 0 Å². The molecule has 3 nitrogen and oxygen atoms in total. The molecule has 2 rings (SSSR count). The van der Waals surface area contributed by atoms with Crippen molar-refractivity contribution in [1.29, 1.82) is 0 Å². The summed E-state index contributed by atoms with van der Waals surface area (Å²) in [7, 11) is 0. The highest BCUT2D eigenvalue weighted by molar-refractivity contribution is 5.30. The van der Waals surface area contributed by atoms with E-state index in [1.807, 2.05) is 26.0 Å². The Hall–Kier alpha value is -1.06. The first-order chi connectivity index (χ1) is 9.19. The largest absolute Gasteiger partial charge is 0.491 e. The van der Waals surface area contributed by atoms with Crippen LogP contribution in [0.5, 0.6) is 5.75 Å². The van der Waals surface area contributed by atoms with Gasteiger partial charge < -0.3 is 4.74 Å². The minimum Gasteiger partial charge on any atom is -0.491 e. The maximum Gasteiger partial charge on any atom is 0.120 e. The molecule has 1 unspecified atom stereocenters. The number of benzene rings is 1. The predicted molar refractivity (Wildman–Crippen MR) is 78.8 cm³/mol. The lowest BCUT2D eigenvalue weighted by molar-refractivity contribution is 0.242. The van der Waals surface area contributed by atoms with Gasteiger partial charge in [-0.15, -0.1) is 0 Å². The SMILES string of the molecule is CC(C)Oc1cccc(C(CC2CCCC2)NN)c1. The standard InChI is InChI=1S/C16H26N2O/c1-12(2)19-15-9-5-8-14(11-15)16(18-17)10-13-6-3-4-7-13/h5,8-9,11-13,16,18H,3-4,6-7,10,17H2,1-2H3. The van der Waals surface area contributed by atoms with Crippen LogP contribution in [-0.4, -0.2) is 6.10 Å². The van der Waals surface area contributed by atoms with E-state index in [1.165, 1.54) is 31.2 Å². The quantitative estimate of drug-likeness (QED) is 0.608. The second kappa shape index (κ2) is 6.92. The molecular weight excluding hydrogens is 236 g/mol. The van der Waals surface area contributed by atoms with Crippen molar-refractivity contribution in [2.45, 2.75) is 58.1 Å². The van der Waals surface area contributed by atoms with Crippen molar-refractivity contribution >= 4 is 0 Å². The highest BCUT2D eigenvalue weighted by Crippen LogP contribution is 2.33. The summed E-state index contributed by atoms with van der Waals surface area (Å²) in [5, 5.41) is 0. The highest BCUT2D eigenvalue weighted by atomic mass is 16.5. The Labute approximate surface area is 116 Å². The minimum atomic E-state index is 0.203. The van der Waals surface area contributed by atoms with Crippen LogP contribution in [0.1, 0.15) is 57.6 Å². The topological polar surface area (TPSA) is 47.3 Å². The summed E-state index contributed by atoms with van der Waals surface area (Å²) in [4.78, 5) is 0. The van der Waals surface area contributed by atoms with Gasteiger partial charge in [-0.3, -0.25) is 11.3 Å². The lowest BCUT2D eigenvalue weighted by Crippen LogP contribution is -2.29. The molecular formula is C16H26N2O. The Morgan fingerprint density at radius 1 is 1.32 bits per heavy atom. The van der Waals surface area contributed by atoms with Crippen LogP contribution in [0.4, 0.5) is 0 Å². The van der Waals surface area contributed by atoms with E-state index in [4.69, 9.17) is 10.6 Å². The maximum absolute atomic E-state index is 5.75. The summed E-state index contributed by atoms with van der Waals surface area (Å²) in [5.74, 6) is 7.49. The molecule has 0 aromatic heterocycles. The molecule has 19 heavy (non-hydrogen) atoms. The van der Waals surface area contributed by atoms with Crippen molar-refractivity contribution in [2.75, 3.05) is 0 Å². The van der Waals surface area contributed by atoms with Gasteiger partial charge >= 0.3 is 0 Å². The fourth-order valence-electron chi connectivity index (χ4n) is 2.96.